The topological polar surface area (TPSA) is 54.1 Å². The molecule has 0 spiro atoms. The molecule has 0 aromatic heterocycles. The summed E-state index contributed by atoms with van der Waals surface area (Å²) in [5.41, 5.74) is 3.49. The van der Waals surface area contributed by atoms with E-state index in [0.29, 0.717) is 24.2 Å². The number of nitrogens with zero attached hydrogens (tertiary/aromatic N) is 4. The average Bonchev–Trinajstić information content (AvgIpc) is 3.03. The lowest BCUT2D eigenvalue weighted by Gasteiger charge is -2.22. The summed E-state index contributed by atoms with van der Waals surface area (Å²) in [7, 11) is 0. The van der Waals surface area contributed by atoms with E-state index in [1.165, 1.54) is 0 Å². The molecular formula is C19H16N4. The van der Waals surface area contributed by atoms with Crippen LogP contribution in [-0.2, 0) is 13.1 Å². The molecule has 0 unspecified atom stereocenters. The van der Waals surface area contributed by atoms with Crippen molar-refractivity contribution in [2.24, 2.45) is 0 Å². The second-order valence-electron chi connectivity index (χ2n) is 5.47. The molecule has 2 aromatic rings. The van der Waals surface area contributed by atoms with E-state index in [1.807, 2.05) is 60.9 Å². The van der Waals surface area contributed by atoms with Gasteiger partial charge in [0.1, 0.15) is 0 Å². The maximum atomic E-state index is 9.17. The molecule has 1 heterocycles. The normalized spacial score (nSPS) is 13.0. The van der Waals surface area contributed by atoms with Crippen LogP contribution in [0, 0.1) is 22.7 Å². The standard InChI is InChI=1S/C19H16N4/c20-11-16-5-1-3-7-18(16)13-22-9-10-23(15-22)14-19-8-4-2-6-17(19)12-21/h1-10H,13-15H2. The Kier molecular flexibility index (Phi) is 4.27. The smallest absolute Gasteiger partial charge is 0.0995 e. The fourth-order valence-corrected chi connectivity index (χ4v) is 2.69. The van der Waals surface area contributed by atoms with Crippen LogP contribution in [0.2, 0.25) is 0 Å². The van der Waals surface area contributed by atoms with Crippen LogP contribution in [0.4, 0.5) is 0 Å². The van der Waals surface area contributed by atoms with Gasteiger partial charge in [-0.2, -0.15) is 10.5 Å². The fraction of sp³-hybridized carbons (Fsp3) is 0.158. The highest BCUT2D eigenvalue weighted by Crippen LogP contribution is 2.18. The van der Waals surface area contributed by atoms with Crippen LogP contribution < -0.4 is 0 Å². The van der Waals surface area contributed by atoms with Crippen molar-refractivity contribution >= 4 is 0 Å². The molecule has 112 valence electrons. The van der Waals surface area contributed by atoms with E-state index < -0.39 is 0 Å². The van der Waals surface area contributed by atoms with Crippen molar-refractivity contribution in [2.75, 3.05) is 6.67 Å². The van der Waals surface area contributed by atoms with Crippen LogP contribution in [0.15, 0.2) is 60.9 Å². The van der Waals surface area contributed by atoms with Gasteiger partial charge < -0.3 is 9.80 Å². The van der Waals surface area contributed by atoms with Gasteiger partial charge in [0.2, 0.25) is 0 Å². The van der Waals surface area contributed by atoms with Crippen molar-refractivity contribution in [3.05, 3.63) is 83.2 Å². The monoisotopic (exact) mass is 300 g/mol. The van der Waals surface area contributed by atoms with Crippen LogP contribution in [0.3, 0.4) is 0 Å². The first-order chi connectivity index (χ1) is 11.3. The summed E-state index contributed by atoms with van der Waals surface area (Å²) < 4.78 is 0. The lowest BCUT2D eigenvalue weighted by Crippen LogP contribution is -2.25. The third kappa shape index (κ3) is 3.33. The molecule has 1 aliphatic heterocycles. The Balaban J connectivity index is 1.65. The molecule has 0 saturated heterocycles. The summed E-state index contributed by atoms with van der Waals surface area (Å²) in [6, 6.07) is 19.8. The summed E-state index contributed by atoms with van der Waals surface area (Å²) in [5.74, 6) is 0. The molecule has 0 radical (unpaired) electrons. The molecule has 0 N–H and O–H groups in total. The highest BCUT2D eigenvalue weighted by atomic mass is 15.3. The van der Waals surface area contributed by atoms with E-state index in [0.717, 1.165) is 17.8 Å². The molecule has 3 rings (SSSR count). The van der Waals surface area contributed by atoms with Crippen LogP contribution in [0.5, 0.6) is 0 Å². The van der Waals surface area contributed by atoms with E-state index >= 15 is 0 Å². The van der Waals surface area contributed by atoms with Crippen molar-refractivity contribution in [1.82, 2.24) is 9.80 Å². The van der Waals surface area contributed by atoms with E-state index in [-0.39, 0.29) is 0 Å². The number of hydrogen-bond acceptors (Lipinski definition) is 4. The van der Waals surface area contributed by atoms with Gasteiger partial charge in [0.15, 0.2) is 0 Å². The van der Waals surface area contributed by atoms with Crippen molar-refractivity contribution in [3.63, 3.8) is 0 Å². The van der Waals surface area contributed by atoms with Crippen molar-refractivity contribution in [1.29, 1.82) is 10.5 Å². The van der Waals surface area contributed by atoms with Gasteiger partial charge in [-0.25, -0.2) is 0 Å². The number of benzene rings is 2. The molecule has 1 aliphatic rings. The number of nitriles is 2. The molecule has 4 heteroatoms. The first-order valence-electron chi connectivity index (χ1n) is 7.42. The summed E-state index contributed by atoms with van der Waals surface area (Å²) in [6.45, 7) is 2.16. The largest absolute Gasteiger partial charge is 0.354 e. The van der Waals surface area contributed by atoms with Crippen molar-refractivity contribution < 1.29 is 0 Å². The quantitative estimate of drug-likeness (QED) is 0.870. The second-order valence-corrected chi connectivity index (χ2v) is 5.47. The van der Waals surface area contributed by atoms with Gasteiger partial charge in [0.05, 0.1) is 29.9 Å². The van der Waals surface area contributed by atoms with Crippen LogP contribution >= 0.6 is 0 Å². The first kappa shape index (κ1) is 14.7. The zero-order valence-electron chi connectivity index (χ0n) is 12.7. The van der Waals surface area contributed by atoms with E-state index in [2.05, 4.69) is 21.9 Å². The van der Waals surface area contributed by atoms with Gasteiger partial charge in [0, 0.05) is 25.5 Å². The SMILES string of the molecule is N#Cc1ccccc1CN1C=CN(Cc2ccccc2C#N)C1. The average molecular weight is 300 g/mol. The number of rotatable bonds is 4. The summed E-state index contributed by atoms with van der Waals surface area (Å²) in [4.78, 5) is 4.32. The van der Waals surface area contributed by atoms with Gasteiger partial charge in [0.25, 0.3) is 0 Å². The van der Waals surface area contributed by atoms with Crippen LogP contribution in [0.25, 0.3) is 0 Å². The van der Waals surface area contributed by atoms with Gasteiger partial charge >= 0.3 is 0 Å². The molecule has 0 atom stereocenters. The first-order valence-corrected chi connectivity index (χ1v) is 7.42. The third-order valence-electron chi connectivity index (χ3n) is 3.87. The maximum absolute atomic E-state index is 9.17. The van der Waals surface area contributed by atoms with Gasteiger partial charge in [-0.05, 0) is 23.3 Å². The Hall–Kier alpha value is -3.24. The van der Waals surface area contributed by atoms with E-state index in [9.17, 15) is 0 Å². The molecule has 2 aromatic carbocycles. The molecule has 0 aliphatic carbocycles. The highest BCUT2D eigenvalue weighted by molar-refractivity contribution is 5.38. The molecule has 0 saturated carbocycles. The fourth-order valence-electron chi connectivity index (χ4n) is 2.69. The second kappa shape index (κ2) is 6.68. The van der Waals surface area contributed by atoms with Crippen molar-refractivity contribution in [3.8, 4) is 12.1 Å². The molecule has 0 fully saturated rings. The number of hydrogen-bond donors (Lipinski definition) is 0. The predicted molar refractivity (Wildman–Crippen MR) is 87.4 cm³/mol. The third-order valence-corrected chi connectivity index (χ3v) is 3.87. The zero-order chi connectivity index (χ0) is 16.1. The Bertz CT molecular complexity index is 743. The highest BCUT2D eigenvalue weighted by Gasteiger charge is 2.15. The summed E-state index contributed by atoms with van der Waals surface area (Å²) >= 11 is 0. The van der Waals surface area contributed by atoms with E-state index in [4.69, 9.17) is 10.5 Å². The summed E-state index contributed by atoms with van der Waals surface area (Å²) in [5, 5.41) is 18.3. The minimum Gasteiger partial charge on any atom is -0.354 e. The Labute approximate surface area is 136 Å². The van der Waals surface area contributed by atoms with E-state index in [1.54, 1.807) is 0 Å². The Morgan fingerprint density at radius 2 is 1.17 bits per heavy atom. The predicted octanol–water partition coefficient (Wildman–Crippen LogP) is 3.18. The van der Waals surface area contributed by atoms with Crippen molar-refractivity contribution in [2.45, 2.75) is 13.1 Å². The Morgan fingerprint density at radius 3 is 1.61 bits per heavy atom. The summed E-state index contributed by atoms with van der Waals surface area (Å²) in [6.07, 6.45) is 4.06. The zero-order valence-corrected chi connectivity index (χ0v) is 12.7. The lowest BCUT2D eigenvalue weighted by atomic mass is 10.1. The van der Waals surface area contributed by atoms with Crippen LogP contribution in [0.1, 0.15) is 22.3 Å². The molecule has 4 nitrogen and oxygen atoms in total. The molecule has 0 bridgehead atoms. The molecule has 0 amide bonds. The Morgan fingerprint density at radius 1 is 0.739 bits per heavy atom. The van der Waals surface area contributed by atoms with Gasteiger partial charge in [-0.3, -0.25) is 0 Å². The van der Waals surface area contributed by atoms with Gasteiger partial charge in [-0.1, -0.05) is 36.4 Å². The minimum absolute atomic E-state index is 0.705. The maximum Gasteiger partial charge on any atom is 0.0995 e. The van der Waals surface area contributed by atoms with Gasteiger partial charge in [-0.15, -0.1) is 0 Å². The molecule has 23 heavy (non-hydrogen) atoms. The lowest BCUT2D eigenvalue weighted by molar-refractivity contribution is 0.254. The van der Waals surface area contributed by atoms with Crippen LogP contribution in [-0.4, -0.2) is 16.5 Å². The minimum atomic E-state index is 0.705. The molecular weight excluding hydrogens is 284 g/mol.